The van der Waals surface area contributed by atoms with E-state index in [0.717, 1.165) is 24.2 Å². The van der Waals surface area contributed by atoms with Gasteiger partial charge in [-0.05, 0) is 24.1 Å². The van der Waals surface area contributed by atoms with Gasteiger partial charge in [-0.25, -0.2) is 0 Å². The van der Waals surface area contributed by atoms with Crippen LogP contribution in [0, 0.1) is 0 Å². The Labute approximate surface area is 104 Å². The van der Waals surface area contributed by atoms with Gasteiger partial charge in [-0.1, -0.05) is 25.1 Å². The molecule has 0 bridgehead atoms. The molecule has 0 aliphatic rings. The van der Waals surface area contributed by atoms with Crippen LogP contribution in [-0.2, 0) is 0 Å². The number of nitrogens with two attached hydrogens (primary N) is 1. The Kier molecular flexibility index (Phi) is 5.73. The molecule has 0 amide bonds. The molecule has 17 heavy (non-hydrogen) atoms. The largest absolute Gasteiger partial charge is 0.395 e. The van der Waals surface area contributed by atoms with Crippen LogP contribution < -0.4 is 10.6 Å². The van der Waals surface area contributed by atoms with Crippen molar-refractivity contribution in [2.75, 3.05) is 24.6 Å². The minimum Gasteiger partial charge on any atom is -0.395 e. The van der Waals surface area contributed by atoms with E-state index in [0.29, 0.717) is 6.54 Å². The summed E-state index contributed by atoms with van der Waals surface area (Å²) >= 11 is 0. The third-order valence-electron chi connectivity index (χ3n) is 2.85. The van der Waals surface area contributed by atoms with E-state index in [1.165, 1.54) is 0 Å². The first-order valence-corrected chi connectivity index (χ1v) is 6.05. The van der Waals surface area contributed by atoms with Gasteiger partial charge in [0.2, 0.25) is 0 Å². The third-order valence-corrected chi connectivity index (χ3v) is 2.85. The molecule has 0 saturated carbocycles. The molecule has 0 aromatic heterocycles. The van der Waals surface area contributed by atoms with Crippen LogP contribution in [0.15, 0.2) is 36.9 Å². The Morgan fingerprint density at radius 2 is 2.06 bits per heavy atom. The average Bonchev–Trinajstić information content (AvgIpc) is 2.38. The van der Waals surface area contributed by atoms with Crippen LogP contribution in [0.25, 0.3) is 0 Å². The quantitative estimate of drug-likeness (QED) is 0.710. The molecule has 0 fully saturated rings. The lowest BCUT2D eigenvalue weighted by molar-refractivity contribution is 0.303. The highest BCUT2D eigenvalue weighted by Crippen LogP contribution is 2.19. The first-order valence-electron chi connectivity index (χ1n) is 6.05. The number of aliphatic hydroxyl groups excluding tert-OH is 1. The molecule has 1 aromatic rings. The zero-order valence-electron chi connectivity index (χ0n) is 10.5. The van der Waals surface area contributed by atoms with Crippen molar-refractivity contribution in [3.05, 3.63) is 42.5 Å². The monoisotopic (exact) mass is 234 g/mol. The van der Waals surface area contributed by atoms with Crippen LogP contribution in [-0.4, -0.2) is 24.8 Å². The van der Waals surface area contributed by atoms with Gasteiger partial charge in [-0.15, -0.1) is 6.58 Å². The molecule has 0 radical (unpaired) electrons. The lowest BCUT2D eigenvalue weighted by Gasteiger charge is -2.22. The van der Waals surface area contributed by atoms with Gasteiger partial charge in [0.1, 0.15) is 0 Å². The number of nitrogens with zero attached hydrogens (tertiary/aromatic N) is 1. The minimum absolute atomic E-state index is 0.106. The fourth-order valence-electron chi connectivity index (χ4n) is 1.77. The minimum atomic E-state index is 0.106. The second-order valence-corrected chi connectivity index (χ2v) is 4.06. The molecule has 0 aliphatic carbocycles. The highest BCUT2D eigenvalue weighted by molar-refractivity contribution is 5.48. The van der Waals surface area contributed by atoms with Gasteiger partial charge in [0.15, 0.2) is 0 Å². The van der Waals surface area contributed by atoms with Gasteiger partial charge < -0.3 is 15.7 Å². The molecule has 0 unspecified atom stereocenters. The molecule has 0 aliphatic heterocycles. The zero-order valence-corrected chi connectivity index (χ0v) is 10.5. The van der Waals surface area contributed by atoms with Crippen LogP contribution in [0.1, 0.15) is 24.9 Å². The summed E-state index contributed by atoms with van der Waals surface area (Å²) in [6.45, 7) is 7.30. The van der Waals surface area contributed by atoms with Gasteiger partial charge in [-0.3, -0.25) is 0 Å². The number of hydrogen-bond donors (Lipinski definition) is 2. The maximum atomic E-state index is 9.01. The van der Waals surface area contributed by atoms with Crippen molar-refractivity contribution in [1.82, 2.24) is 0 Å². The van der Waals surface area contributed by atoms with E-state index in [4.69, 9.17) is 10.8 Å². The second-order valence-electron chi connectivity index (χ2n) is 4.06. The normalized spacial score (nSPS) is 12.2. The van der Waals surface area contributed by atoms with E-state index < -0.39 is 0 Å². The summed E-state index contributed by atoms with van der Waals surface area (Å²) in [4.78, 5) is 2.08. The van der Waals surface area contributed by atoms with Crippen LogP contribution in [0.5, 0.6) is 0 Å². The van der Waals surface area contributed by atoms with Gasteiger partial charge in [-0.2, -0.15) is 0 Å². The summed E-state index contributed by atoms with van der Waals surface area (Å²) in [5.41, 5.74) is 8.21. The fourth-order valence-corrected chi connectivity index (χ4v) is 1.77. The van der Waals surface area contributed by atoms with Gasteiger partial charge in [0.25, 0.3) is 0 Å². The van der Waals surface area contributed by atoms with Crippen LogP contribution in [0.3, 0.4) is 0 Å². The van der Waals surface area contributed by atoms with Crippen molar-refractivity contribution >= 4 is 5.69 Å². The van der Waals surface area contributed by atoms with Crippen LogP contribution in [0.2, 0.25) is 0 Å². The maximum Gasteiger partial charge on any atom is 0.0606 e. The summed E-state index contributed by atoms with van der Waals surface area (Å²) in [7, 11) is 0. The topological polar surface area (TPSA) is 49.5 Å². The Morgan fingerprint density at radius 3 is 2.53 bits per heavy atom. The average molecular weight is 234 g/mol. The molecule has 1 rings (SSSR count). The number of anilines is 1. The van der Waals surface area contributed by atoms with E-state index in [1.807, 2.05) is 18.2 Å². The molecular weight excluding hydrogens is 212 g/mol. The second kappa shape index (κ2) is 7.09. The van der Waals surface area contributed by atoms with Crippen molar-refractivity contribution in [2.45, 2.75) is 19.4 Å². The molecule has 94 valence electrons. The van der Waals surface area contributed by atoms with Gasteiger partial charge in [0, 0.05) is 24.8 Å². The smallest absolute Gasteiger partial charge is 0.0606 e. The highest BCUT2D eigenvalue weighted by Gasteiger charge is 2.06. The molecule has 0 spiro atoms. The van der Waals surface area contributed by atoms with Gasteiger partial charge in [0.05, 0.1) is 6.61 Å². The van der Waals surface area contributed by atoms with Crippen molar-refractivity contribution < 1.29 is 5.11 Å². The van der Waals surface area contributed by atoms with E-state index in [1.54, 1.807) is 0 Å². The lowest BCUT2D eigenvalue weighted by atomic mass is 10.1. The Bertz CT molecular complexity index is 335. The van der Waals surface area contributed by atoms with E-state index in [2.05, 4.69) is 30.5 Å². The highest BCUT2D eigenvalue weighted by atomic mass is 16.3. The zero-order chi connectivity index (χ0) is 12.7. The molecule has 1 atom stereocenters. The molecular formula is C14H22N2O. The van der Waals surface area contributed by atoms with Gasteiger partial charge >= 0.3 is 0 Å². The van der Waals surface area contributed by atoms with Crippen LogP contribution >= 0.6 is 0 Å². The van der Waals surface area contributed by atoms with E-state index >= 15 is 0 Å². The summed E-state index contributed by atoms with van der Waals surface area (Å²) in [6, 6.07) is 8.30. The summed E-state index contributed by atoms with van der Waals surface area (Å²) in [5, 5.41) is 9.01. The number of aliphatic hydroxyl groups is 1. The Balaban J connectivity index is 2.79. The van der Waals surface area contributed by atoms with E-state index in [9.17, 15) is 0 Å². The molecule has 3 nitrogen and oxygen atoms in total. The molecule has 0 saturated heterocycles. The van der Waals surface area contributed by atoms with Crippen LogP contribution in [0.4, 0.5) is 5.69 Å². The first kappa shape index (κ1) is 13.7. The Hall–Kier alpha value is -1.32. The Morgan fingerprint density at radius 1 is 1.41 bits per heavy atom. The summed E-state index contributed by atoms with van der Waals surface area (Å²) in [5.74, 6) is 0. The maximum absolute atomic E-state index is 9.01. The SMILES string of the molecule is C=CCN(CCO)c1ccc([C@@H](N)CC)cc1. The van der Waals surface area contributed by atoms with Crippen molar-refractivity contribution in [1.29, 1.82) is 0 Å². The first-order chi connectivity index (χ1) is 8.22. The standard InChI is InChI=1S/C14H22N2O/c1-3-9-16(10-11-17)13-7-5-12(6-8-13)14(15)4-2/h3,5-8,14,17H,1,4,9-11,15H2,2H3/t14-/m0/s1. The summed E-state index contributed by atoms with van der Waals surface area (Å²) in [6.07, 6.45) is 2.77. The van der Waals surface area contributed by atoms with Crippen molar-refractivity contribution in [3.63, 3.8) is 0 Å². The molecule has 0 heterocycles. The number of benzene rings is 1. The number of rotatable bonds is 7. The van der Waals surface area contributed by atoms with Crippen molar-refractivity contribution in [3.8, 4) is 0 Å². The van der Waals surface area contributed by atoms with E-state index in [-0.39, 0.29) is 12.6 Å². The predicted octanol–water partition coefficient (Wildman–Crippen LogP) is 2.08. The summed E-state index contributed by atoms with van der Waals surface area (Å²) < 4.78 is 0. The van der Waals surface area contributed by atoms with Crippen molar-refractivity contribution in [2.24, 2.45) is 5.73 Å². The number of hydrogen-bond acceptors (Lipinski definition) is 3. The molecule has 3 heteroatoms. The molecule has 3 N–H and O–H groups in total. The molecule has 1 aromatic carbocycles. The third kappa shape index (κ3) is 3.88. The predicted molar refractivity (Wildman–Crippen MR) is 73.2 cm³/mol. The fraction of sp³-hybridized carbons (Fsp3) is 0.429. The lowest BCUT2D eigenvalue weighted by Crippen LogP contribution is -2.26.